The molecule has 1 heterocycles. The van der Waals surface area contributed by atoms with Crippen molar-refractivity contribution in [2.75, 3.05) is 11.5 Å². The van der Waals surface area contributed by atoms with Crippen molar-refractivity contribution in [3.8, 4) is 11.5 Å². The van der Waals surface area contributed by atoms with Crippen molar-refractivity contribution in [1.29, 1.82) is 0 Å². The molecule has 3 aromatic rings. The molecule has 2 amide bonds. The quantitative estimate of drug-likeness (QED) is 0.575. The molecule has 0 saturated heterocycles. The van der Waals surface area contributed by atoms with Gasteiger partial charge in [-0.05, 0) is 54.4 Å². The largest absolute Gasteiger partial charge is 0.502 e. The van der Waals surface area contributed by atoms with Crippen molar-refractivity contribution in [3.63, 3.8) is 0 Å². The number of hydrogen-bond donors (Lipinski definition) is 1. The monoisotopic (exact) mass is 415 g/mol. The lowest BCUT2D eigenvalue weighted by atomic mass is 10.1. The zero-order chi connectivity index (χ0) is 21.8. The number of aliphatic hydroxyl groups is 1. The highest BCUT2D eigenvalue weighted by Crippen LogP contribution is 2.33. The third-order valence-electron chi connectivity index (χ3n) is 4.86. The lowest BCUT2D eigenvalue weighted by molar-refractivity contribution is -0.121. The summed E-state index contributed by atoms with van der Waals surface area (Å²) in [5, 5.41) is 10.4. The number of carbonyl (C=O) groups is 2. The average molecular weight is 415 g/mol. The minimum absolute atomic E-state index is 0.0301. The maximum absolute atomic E-state index is 13.0. The molecule has 0 spiro atoms. The summed E-state index contributed by atoms with van der Waals surface area (Å²) < 4.78 is 11.1. The third-order valence-corrected chi connectivity index (χ3v) is 4.86. The Morgan fingerprint density at radius 2 is 1.39 bits per heavy atom. The number of ether oxygens (including phenoxy) is 2. The fourth-order valence-corrected chi connectivity index (χ4v) is 3.33. The predicted octanol–water partition coefficient (Wildman–Crippen LogP) is 4.51. The Kier molecular flexibility index (Phi) is 5.71. The van der Waals surface area contributed by atoms with Crippen LogP contribution in [0.1, 0.15) is 18.1 Å². The van der Waals surface area contributed by atoms with Crippen LogP contribution < -0.4 is 14.4 Å². The van der Waals surface area contributed by atoms with Gasteiger partial charge in [0.05, 0.1) is 17.9 Å². The summed E-state index contributed by atoms with van der Waals surface area (Å²) in [6.45, 7) is 2.80. The lowest BCUT2D eigenvalue weighted by Gasteiger charge is -2.15. The van der Waals surface area contributed by atoms with Crippen molar-refractivity contribution in [2.45, 2.75) is 13.5 Å². The molecule has 0 atom stereocenters. The average Bonchev–Trinajstić information content (AvgIpc) is 3.02. The van der Waals surface area contributed by atoms with Gasteiger partial charge in [-0.2, -0.15) is 0 Å². The van der Waals surface area contributed by atoms with Crippen LogP contribution in [0.2, 0.25) is 0 Å². The molecule has 0 aromatic heterocycles. The van der Waals surface area contributed by atoms with Crippen LogP contribution >= 0.6 is 0 Å². The van der Waals surface area contributed by atoms with E-state index in [2.05, 4.69) is 0 Å². The lowest BCUT2D eigenvalue weighted by Crippen LogP contribution is -2.31. The predicted molar refractivity (Wildman–Crippen MR) is 117 cm³/mol. The number of anilines is 1. The fraction of sp³-hybridized carbons (Fsp3) is 0.120. The normalized spacial score (nSPS) is 13.6. The van der Waals surface area contributed by atoms with Gasteiger partial charge in [-0.1, -0.05) is 42.5 Å². The maximum atomic E-state index is 13.0. The molecule has 0 bridgehead atoms. The number of rotatable bonds is 7. The van der Waals surface area contributed by atoms with Gasteiger partial charge >= 0.3 is 5.91 Å². The standard InChI is InChI=1S/C25H21NO5/c1-2-30-20-12-8-18(9-13-20)22-23(27)25(29)26(24(22)28)19-10-14-21(15-11-19)31-16-17-6-4-3-5-7-17/h3-15,27H,2,16H2,1H3. The van der Waals surface area contributed by atoms with E-state index in [0.717, 1.165) is 10.5 Å². The van der Waals surface area contributed by atoms with Gasteiger partial charge in [0.15, 0.2) is 5.76 Å². The smallest absolute Gasteiger partial charge is 0.301 e. The SMILES string of the molecule is CCOc1ccc(C2=C(O)C(=O)N(c3ccc(OCc4ccccc4)cc3)C2=O)cc1. The molecule has 0 radical (unpaired) electrons. The second kappa shape index (κ2) is 8.75. The molecular weight excluding hydrogens is 394 g/mol. The van der Waals surface area contributed by atoms with Crippen LogP contribution in [-0.2, 0) is 16.2 Å². The summed E-state index contributed by atoms with van der Waals surface area (Å²) >= 11 is 0. The van der Waals surface area contributed by atoms with E-state index in [0.29, 0.717) is 36.0 Å². The van der Waals surface area contributed by atoms with E-state index >= 15 is 0 Å². The van der Waals surface area contributed by atoms with E-state index in [-0.39, 0.29) is 5.57 Å². The van der Waals surface area contributed by atoms with Crippen LogP contribution in [0, 0.1) is 0 Å². The Labute approximate surface area is 180 Å². The molecule has 4 rings (SSSR count). The molecule has 1 N–H and O–H groups in total. The number of carbonyl (C=O) groups excluding carboxylic acids is 2. The molecule has 31 heavy (non-hydrogen) atoms. The first-order valence-electron chi connectivity index (χ1n) is 9.90. The Bertz CT molecular complexity index is 1120. The summed E-state index contributed by atoms with van der Waals surface area (Å²) in [5.74, 6) is -0.656. The first-order chi connectivity index (χ1) is 15.1. The van der Waals surface area contributed by atoms with Crippen LogP contribution in [-0.4, -0.2) is 23.5 Å². The van der Waals surface area contributed by atoms with Crippen LogP contribution in [0.15, 0.2) is 84.6 Å². The highest BCUT2D eigenvalue weighted by Gasteiger charge is 2.40. The van der Waals surface area contributed by atoms with Crippen molar-refractivity contribution in [2.24, 2.45) is 0 Å². The second-order valence-electron chi connectivity index (χ2n) is 6.89. The number of amides is 2. The van der Waals surface area contributed by atoms with Crippen molar-refractivity contribution < 1.29 is 24.2 Å². The minimum atomic E-state index is -0.758. The van der Waals surface area contributed by atoms with Crippen molar-refractivity contribution in [1.82, 2.24) is 0 Å². The van der Waals surface area contributed by atoms with E-state index in [9.17, 15) is 14.7 Å². The minimum Gasteiger partial charge on any atom is -0.502 e. The summed E-state index contributed by atoms with van der Waals surface area (Å²) in [4.78, 5) is 26.5. The van der Waals surface area contributed by atoms with Crippen molar-refractivity contribution in [3.05, 3.63) is 95.7 Å². The third kappa shape index (κ3) is 4.14. The van der Waals surface area contributed by atoms with E-state index in [1.165, 1.54) is 0 Å². The van der Waals surface area contributed by atoms with Crippen LogP contribution in [0.3, 0.4) is 0 Å². The van der Waals surface area contributed by atoms with E-state index < -0.39 is 17.6 Å². The summed E-state index contributed by atoms with van der Waals surface area (Å²) in [6, 6.07) is 23.0. The number of hydrogen-bond acceptors (Lipinski definition) is 5. The van der Waals surface area contributed by atoms with E-state index in [1.807, 2.05) is 37.3 Å². The van der Waals surface area contributed by atoms with Gasteiger partial charge in [0.2, 0.25) is 0 Å². The van der Waals surface area contributed by atoms with Gasteiger partial charge in [0.25, 0.3) is 5.91 Å². The molecule has 0 fully saturated rings. The van der Waals surface area contributed by atoms with Gasteiger partial charge in [-0.15, -0.1) is 0 Å². The van der Waals surface area contributed by atoms with Gasteiger partial charge in [-0.25, -0.2) is 4.90 Å². The summed E-state index contributed by atoms with van der Waals surface area (Å²) in [7, 11) is 0. The van der Waals surface area contributed by atoms with E-state index in [1.54, 1.807) is 48.5 Å². The van der Waals surface area contributed by atoms with Crippen LogP contribution in [0.25, 0.3) is 5.57 Å². The summed E-state index contributed by atoms with van der Waals surface area (Å²) in [5.41, 5.74) is 1.81. The maximum Gasteiger partial charge on any atom is 0.301 e. The number of benzene rings is 3. The van der Waals surface area contributed by atoms with Crippen LogP contribution in [0.4, 0.5) is 5.69 Å². The van der Waals surface area contributed by atoms with Gasteiger partial charge in [-0.3, -0.25) is 9.59 Å². The zero-order valence-corrected chi connectivity index (χ0v) is 16.9. The molecule has 3 aromatic carbocycles. The highest BCUT2D eigenvalue weighted by atomic mass is 16.5. The molecule has 0 saturated carbocycles. The van der Waals surface area contributed by atoms with Crippen molar-refractivity contribution >= 4 is 23.1 Å². The van der Waals surface area contributed by atoms with Gasteiger partial charge < -0.3 is 14.6 Å². The molecular formula is C25H21NO5. The molecule has 6 heteroatoms. The topological polar surface area (TPSA) is 76.1 Å². The zero-order valence-electron chi connectivity index (χ0n) is 16.9. The molecule has 0 unspecified atom stereocenters. The number of nitrogens with zero attached hydrogens (tertiary/aromatic N) is 1. The molecule has 0 aliphatic carbocycles. The molecule has 156 valence electrons. The van der Waals surface area contributed by atoms with Crippen LogP contribution in [0.5, 0.6) is 11.5 Å². The Morgan fingerprint density at radius 3 is 2.03 bits per heavy atom. The summed E-state index contributed by atoms with van der Waals surface area (Å²) in [6.07, 6.45) is 0. The first-order valence-corrected chi connectivity index (χ1v) is 9.90. The Morgan fingerprint density at radius 1 is 0.774 bits per heavy atom. The van der Waals surface area contributed by atoms with Gasteiger partial charge in [0.1, 0.15) is 18.1 Å². The Balaban J connectivity index is 1.50. The molecule has 6 nitrogen and oxygen atoms in total. The molecule has 1 aliphatic rings. The van der Waals surface area contributed by atoms with E-state index in [4.69, 9.17) is 9.47 Å². The first kappa shape index (κ1) is 20.2. The number of imide groups is 1. The number of aliphatic hydroxyl groups excluding tert-OH is 1. The van der Waals surface area contributed by atoms with Gasteiger partial charge in [0, 0.05) is 0 Å². The highest BCUT2D eigenvalue weighted by molar-refractivity contribution is 6.44. The Hall–Kier alpha value is -4.06. The molecule has 1 aliphatic heterocycles. The fourth-order valence-electron chi connectivity index (χ4n) is 3.33. The second-order valence-corrected chi connectivity index (χ2v) is 6.89.